The maximum Gasteiger partial charge on any atom is 0.280 e. The van der Waals surface area contributed by atoms with Crippen molar-refractivity contribution < 1.29 is 21.6 Å². The summed E-state index contributed by atoms with van der Waals surface area (Å²) in [4.78, 5) is 3.10. The fraction of sp³-hybridized carbons (Fsp3) is 0.286. The van der Waals surface area contributed by atoms with Gasteiger partial charge in [-0.1, -0.05) is 0 Å². The van der Waals surface area contributed by atoms with Crippen molar-refractivity contribution in [2.75, 3.05) is 0 Å². The lowest BCUT2D eigenvalue weighted by Crippen LogP contribution is -2.17. The standard InChI is InChI=1S/C7H7F3N2O2S/c1-3-4(8)2-5(6(9)10)12-7(3)15(11,13)14/h2,6H,1H3,(H2,11,13,14). The van der Waals surface area contributed by atoms with Crippen molar-refractivity contribution in [3.05, 3.63) is 23.1 Å². The van der Waals surface area contributed by atoms with Gasteiger partial charge in [-0.15, -0.1) is 0 Å². The van der Waals surface area contributed by atoms with Gasteiger partial charge in [-0.2, -0.15) is 0 Å². The van der Waals surface area contributed by atoms with E-state index < -0.39 is 33.0 Å². The molecular weight excluding hydrogens is 233 g/mol. The summed E-state index contributed by atoms with van der Waals surface area (Å²) in [7, 11) is -4.30. The van der Waals surface area contributed by atoms with Gasteiger partial charge in [0, 0.05) is 11.6 Å². The van der Waals surface area contributed by atoms with E-state index in [4.69, 9.17) is 5.14 Å². The second-order valence-electron chi connectivity index (χ2n) is 2.80. The molecule has 0 bridgehead atoms. The molecule has 0 aromatic carbocycles. The first-order chi connectivity index (χ1) is 6.73. The minimum absolute atomic E-state index is 0.373. The molecule has 0 unspecified atom stereocenters. The first-order valence-corrected chi connectivity index (χ1v) is 5.26. The Hall–Kier alpha value is -1.15. The molecule has 0 atom stereocenters. The minimum Gasteiger partial charge on any atom is -0.233 e. The van der Waals surface area contributed by atoms with Crippen LogP contribution in [0.1, 0.15) is 17.7 Å². The Kier molecular flexibility index (Phi) is 3.00. The molecule has 4 nitrogen and oxygen atoms in total. The summed E-state index contributed by atoms with van der Waals surface area (Å²) in [6.07, 6.45) is -3.06. The number of halogens is 3. The molecule has 0 aliphatic rings. The Balaban J connectivity index is 3.52. The lowest BCUT2D eigenvalue weighted by atomic mass is 10.2. The number of nitrogens with two attached hydrogens (primary N) is 1. The normalized spacial score (nSPS) is 12.1. The van der Waals surface area contributed by atoms with Gasteiger partial charge >= 0.3 is 0 Å². The average Bonchev–Trinajstić information content (AvgIpc) is 2.06. The number of hydrogen-bond donors (Lipinski definition) is 1. The van der Waals surface area contributed by atoms with Gasteiger partial charge in [-0.3, -0.25) is 0 Å². The minimum atomic E-state index is -4.30. The Morgan fingerprint density at radius 1 is 1.47 bits per heavy atom. The number of pyridine rings is 1. The quantitative estimate of drug-likeness (QED) is 0.841. The van der Waals surface area contributed by atoms with Crippen LogP contribution in [0.4, 0.5) is 13.2 Å². The lowest BCUT2D eigenvalue weighted by Gasteiger charge is -2.06. The van der Waals surface area contributed by atoms with Gasteiger partial charge < -0.3 is 0 Å². The van der Waals surface area contributed by atoms with Gasteiger partial charge in [-0.25, -0.2) is 31.7 Å². The lowest BCUT2D eigenvalue weighted by molar-refractivity contribution is 0.144. The molecule has 0 fully saturated rings. The molecule has 1 aromatic rings. The van der Waals surface area contributed by atoms with Crippen LogP contribution in [0, 0.1) is 12.7 Å². The summed E-state index contributed by atoms with van der Waals surface area (Å²) >= 11 is 0. The van der Waals surface area contributed by atoms with Crippen molar-refractivity contribution in [2.24, 2.45) is 5.14 Å². The third-order valence-corrected chi connectivity index (χ3v) is 2.61. The van der Waals surface area contributed by atoms with Crippen molar-refractivity contribution in [1.29, 1.82) is 0 Å². The van der Waals surface area contributed by atoms with Crippen molar-refractivity contribution >= 4 is 10.0 Å². The third-order valence-electron chi connectivity index (χ3n) is 1.68. The average molecular weight is 240 g/mol. The van der Waals surface area contributed by atoms with E-state index in [0.29, 0.717) is 6.07 Å². The Morgan fingerprint density at radius 2 is 2.00 bits per heavy atom. The maximum atomic E-state index is 13.0. The first kappa shape index (κ1) is 11.9. The molecule has 2 N–H and O–H groups in total. The molecule has 0 amide bonds. The molecule has 15 heavy (non-hydrogen) atoms. The number of alkyl halides is 2. The van der Waals surface area contributed by atoms with Crippen LogP contribution in [0.15, 0.2) is 11.1 Å². The van der Waals surface area contributed by atoms with Crippen LogP contribution in [-0.4, -0.2) is 13.4 Å². The fourth-order valence-electron chi connectivity index (χ4n) is 0.962. The van der Waals surface area contributed by atoms with Crippen molar-refractivity contribution in [2.45, 2.75) is 18.4 Å². The van der Waals surface area contributed by atoms with E-state index in [1.807, 2.05) is 0 Å². The highest BCUT2D eigenvalue weighted by molar-refractivity contribution is 7.89. The van der Waals surface area contributed by atoms with Gasteiger partial charge in [-0.05, 0) is 6.92 Å². The molecule has 1 aromatic heterocycles. The highest BCUT2D eigenvalue weighted by Gasteiger charge is 2.21. The van der Waals surface area contributed by atoms with Crippen LogP contribution in [-0.2, 0) is 10.0 Å². The van der Waals surface area contributed by atoms with E-state index in [2.05, 4.69) is 4.98 Å². The van der Waals surface area contributed by atoms with E-state index in [1.165, 1.54) is 0 Å². The summed E-state index contributed by atoms with van der Waals surface area (Å²) < 4.78 is 59.2. The largest absolute Gasteiger partial charge is 0.280 e. The highest BCUT2D eigenvalue weighted by Crippen LogP contribution is 2.22. The molecule has 0 aliphatic carbocycles. The summed E-state index contributed by atoms with van der Waals surface area (Å²) in [5.41, 5.74) is -1.33. The summed E-state index contributed by atoms with van der Waals surface area (Å²) in [6.45, 7) is 1.09. The zero-order chi connectivity index (χ0) is 11.8. The Morgan fingerprint density at radius 3 is 2.40 bits per heavy atom. The van der Waals surface area contributed by atoms with Crippen LogP contribution < -0.4 is 5.14 Å². The Bertz CT molecular complexity index is 487. The fourth-order valence-corrected chi connectivity index (χ4v) is 1.72. The summed E-state index contributed by atoms with van der Waals surface area (Å²) in [5, 5.41) is 3.83. The number of nitrogens with zero attached hydrogens (tertiary/aromatic N) is 1. The number of sulfonamides is 1. The zero-order valence-electron chi connectivity index (χ0n) is 7.54. The SMILES string of the molecule is Cc1c(F)cc(C(F)F)nc1S(N)(=O)=O. The molecule has 1 heterocycles. The second-order valence-corrected chi connectivity index (χ2v) is 4.28. The van der Waals surface area contributed by atoms with E-state index in [1.54, 1.807) is 0 Å². The van der Waals surface area contributed by atoms with E-state index >= 15 is 0 Å². The molecule has 0 aliphatic heterocycles. The first-order valence-electron chi connectivity index (χ1n) is 3.71. The van der Waals surface area contributed by atoms with Crippen LogP contribution in [0.3, 0.4) is 0 Å². The third kappa shape index (κ3) is 2.45. The van der Waals surface area contributed by atoms with Gasteiger partial charge in [0.25, 0.3) is 16.4 Å². The van der Waals surface area contributed by atoms with Crippen LogP contribution in [0.25, 0.3) is 0 Å². The number of primary sulfonamides is 1. The predicted octanol–water partition coefficient (Wildman–Crippen LogP) is 1.11. The number of hydrogen-bond acceptors (Lipinski definition) is 3. The molecule has 0 spiro atoms. The number of aromatic nitrogens is 1. The van der Waals surface area contributed by atoms with E-state index in [9.17, 15) is 21.6 Å². The molecule has 8 heteroatoms. The van der Waals surface area contributed by atoms with Crippen LogP contribution in [0.2, 0.25) is 0 Å². The second kappa shape index (κ2) is 3.78. The van der Waals surface area contributed by atoms with Crippen molar-refractivity contribution in [3.63, 3.8) is 0 Å². The van der Waals surface area contributed by atoms with Gasteiger partial charge in [0.05, 0.1) is 0 Å². The Labute approximate surface area is 84.0 Å². The predicted molar refractivity (Wildman–Crippen MR) is 45.3 cm³/mol. The molecule has 1 rings (SSSR count). The van der Waals surface area contributed by atoms with Crippen molar-refractivity contribution in [1.82, 2.24) is 4.98 Å². The zero-order valence-corrected chi connectivity index (χ0v) is 8.35. The van der Waals surface area contributed by atoms with Gasteiger partial charge in [0.15, 0.2) is 5.03 Å². The summed E-state index contributed by atoms with van der Waals surface area (Å²) in [5.74, 6) is -1.08. The monoisotopic (exact) mass is 240 g/mol. The molecule has 0 saturated heterocycles. The molecule has 0 radical (unpaired) electrons. The maximum absolute atomic E-state index is 13.0. The summed E-state index contributed by atoms with van der Waals surface area (Å²) in [6, 6.07) is 0.481. The molecule has 84 valence electrons. The van der Waals surface area contributed by atoms with Gasteiger partial charge in [0.1, 0.15) is 11.5 Å². The van der Waals surface area contributed by atoms with Crippen LogP contribution in [0.5, 0.6) is 0 Å². The topological polar surface area (TPSA) is 73.0 Å². The molecule has 0 saturated carbocycles. The van der Waals surface area contributed by atoms with E-state index in [0.717, 1.165) is 6.92 Å². The van der Waals surface area contributed by atoms with E-state index in [-0.39, 0.29) is 5.56 Å². The number of rotatable bonds is 2. The highest BCUT2D eigenvalue weighted by atomic mass is 32.2. The van der Waals surface area contributed by atoms with Crippen molar-refractivity contribution in [3.8, 4) is 0 Å². The van der Waals surface area contributed by atoms with Gasteiger partial charge in [0.2, 0.25) is 0 Å². The van der Waals surface area contributed by atoms with Crippen LogP contribution >= 0.6 is 0 Å². The molecular formula is C7H7F3N2O2S. The smallest absolute Gasteiger partial charge is 0.233 e.